The highest BCUT2D eigenvalue weighted by atomic mass is 19.4. The van der Waals surface area contributed by atoms with Crippen LogP contribution in [0.25, 0.3) is 0 Å². The number of hydrogen-bond donors (Lipinski definition) is 0. The van der Waals surface area contributed by atoms with Crippen LogP contribution in [0.1, 0.15) is 0 Å². The molecule has 2 nitrogen and oxygen atoms in total. The van der Waals surface area contributed by atoms with Gasteiger partial charge in [0.1, 0.15) is 5.82 Å². The fraction of sp³-hybridized carbons (Fsp3) is 0.455. The average molecular weight is 261 g/mol. The zero-order chi connectivity index (χ0) is 13.2. The van der Waals surface area contributed by atoms with Gasteiger partial charge in [0.25, 0.3) is 0 Å². The number of benzene rings is 1. The molecule has 1 fully saturated rings. The molecule has 100 valence electrons. The molecule has 0 bridgehead atoms. The largest absolute Gasteiger partial charge is 0.492 e. The lowest BCUT2D eigenvalue weighted by Gasteiger charge is -2.38. The highest BCUT2D eigenvalue weighted by Gasteiger charge is 2.28. The third kappa shape index (κ3) is 3.63. The summed E-state index contributed by atoms with van der Waals surface area (Å²) in [5, 5.41) is 0. The van der Waals surface area contributed by atoms with E-state index in [0.717, 1.165) is 5.69 Å². The minimum Gasteiger partial charge on any atom is -0.448 e. The van der Waals surface area contributed by atoms with Gasteiger partial charge in [0.05, 0.1) is 0 Å². The lowest BCUT2D eigenvalue weighted by molar-refractivity contribution is 0.263. The van der Waals surface area contributed by atoms with Gasteiger partial charge in [-0.25, -0.2) is 4.39 Å². The van der Waals surface area contributed by atoms with Gasteiger partial charge in [-0.1, -0.05) is 0 Å². The zero-order valence-electron chi connectivity index (χ0n) is 9.83. The molecule has 0 amide bonds. The van der Waals surface area contributed by atoms with E-state index in [-0.39, 0.29) is 5.82 Å². The molecule has 1 heterocycles. The van der Waals surface area contributed by atoms with E-state index in [0.29, 0.717) is 26.2 Å². The van der Waals surface area contributed by atoms with Crippen LogP contribution >= 0.6 is 0 Å². The zero-order valence-corrected chi connectivity index (χ0v) is 9.83. The van der Waals surface area contributed by atoms with Crippen molar-refractivity contribution in [3.05, 3.63) is 30.1 Å². The summed E-state index contributed by atoms with van der Waals surface area (Å²) in [5.74, 6) is -0.308. The summed E-state index contributed by atoms with van der Waals surface area (Å²) in [4.78, 5) is 3.39. The summed E-state index contributed by atoms with van der Waals surface area (Å²) in [6.07, 6.45) is -0.794. The van der Waals surface area contributed by atoms with Gasteiger partial charge in [-0.15, -0.1) is 0 Å². The fourth-order valence-electron chi connectivity index (χ4n) is 2.13. The minimum atomic E-state index is -4.75. The van der Waals surface area contributed by atoms with E-state index in [9.17, 15) is 17.3 Å². The Hall–Kier alpha value is -1.24. The number of rotatable bonds is 3. The van der Waals surface area contributed by atoms with Crippen LogP contribution in [0.15, 0.2) is 24.3 Å². The van der Waals surface area contributed by atoms with E-state index in [1.54, 1.807) is 12.1 Å². The fourth-order valence-corrected chi connectivity index (χ4v) is 2.13. The molecule has 1 aliphatic rings. The van der Waals surface area contributed by atoms with Gasteiger partial charge in [-0.3, -0.25) is 0 Å². The smallest absolute Gasteiger partial charge is 0.448 e. The first-order chi connectivity index (χ1) is 8.44. The van der Waals surface area contributed by atoms with E-state index in [2.05, 4.69) is 0 Å². The summed E-state index contributed by atoms with van der Waals surface area (Å²) in [6.45, 7) is -2.90. The summed E-state index contributed by atoms with van der Waals surface area (Å²) in [6, 6.07) is 6.03. The number of halogens is 4. The Morgan fingerprint density at radius 3 is 2.00 bits per heavy atom. The second-order valence-corrected chi connectivity index (χ2v) is 4.47. The lowest BCUT2D eigenvalue weighted by atomic mass is 9.91. The summed E-state index contributed by atoms with van der Waals surface area (Å²) in [7, 11) is 0. The average Bonchev–Trinajstić information content (AvgIpc) is 2.29. The highest BCUT2D eigenvalue weighted by molar-refractivity contribution is 6.58. The Kier molecular flexibility index (Phi) is 3.80. The van der Waals surface area contributed by atoms with Crippen LogP contribution in [-0.2, 0) is 0 Å². The molecule has 2 rings (SSSR count). The Morgan fingerprint density at radius 2 is 1.50 bits per heavy atom. The van der Waals surface area contributed by atoms with Crippen molar-refractivity contribution >= 4 is 12.7 Å². The third-order valence-electron chi connectivity index (χ3n) is 3.03. The number of anilines is 1. The monoisotopic (exact) mass is 261 g/mol. The summed E-state index contributed by atoms with van der Waals surface area (Å²) < 4.78 is 49.6. The summed E-state index contributed by atoms with van der Waals surface area (Å²) in [5.41, 5.74) is 0.855. The van der Waals surface area contributed by atoms with Crippen molar-refractivity contribution in [1.82, 2.24) is 4.90 Å². The third-order valence-corrected chi connectivity index (χ3v) is 3.03. The van der Waals surface area contributed by atoms with Crippen LogP contribution in [0.3, 0.4) is 0 Å². The van der Waals surface area contributed by atoms with Gasteiger partial charge in [-0.2, -0.15) is 0 Å². The van der Waals surface area contributed by atoms with Crippen molar-refractivity contribution in [2.24, 2.45) is 0 Å². The Bertz CT molecular complexity index is 385. The van der Waals surface area contributed by atoms with Crippen LogP contribution in [0, 0.1) is 5.82 Å². The molecule has 0 saturated carbocycles. The van der Waals surface area contributed by atoms with Gasteiger partial charge in [0.15, 0.2) is 0 Å². The molecule has 0 radical (unpaired) electrons. The minimum absolute atomic E-state index is 0.308. The van der Waals surface area contributed by atoms with Crippen molar-refractivity contribution in [1.29, 1.82) is 0 Å². The first-order valence-electron chi connectivity index (χ1n) is 5.88. The standard InChI is InChI=1S/C11H14BF4N2/c13-10-1-3-11(4-2-10)18-7-5-17(6-8-18)9-12(14,15)16/h1-4H,5-9H2/q-1. The predicted octanol–water partition coefficient (Wildman–Crippen LogP) is 2.33. The molecule has 1 saturated heterocycles. The molecule has 0 spiro atoms. The normalized spacial score (nSPS) is 18.1. The maximum absolute atomic E-state index is 12.8. The van der Waals surface area contributed by atoms with E-state index in [1.807, 2.05) is 4.90 Å². The van der Waals surface area contributed by atoms with E-state index < -0.39 is 13.4 Å². The maximum atomic E-state index is 12.8. The second-order valence-electron chi connectivity index (χ2n) is 4.47. The van der Waals surface area contributed by atoms with Crippen LogP contribution in [0.5, 0.6) is 0 Å². The van der Waals surface area contributed by atoms with Crippen LogP contribution in [0.4, 0.5) is 23.0 Å². The summed E-state index contributed by atoms with van der Waals surface area (Å²) >= 11 is 0. The van der Waals surface area contributed by atoms with Gasteiger partial charge in [0.2, 0.25) is 0 Å². The molecule has 0 unspecified atom stereocenters. The Labute approximate surface area is 103 Å². The van der Waals surface area contributed by atoms with E-state index >= 15 is 0 Å². The molecule has 18 heavy (non-hydrogen) atoms. The van der Waals surface area contributed by atoms with E-state index in [1.165, 1.54) is 17.0 Å². The Balaban J connectivity index is 1.88. The van der Waals surface area contributed by atoms with Crippen LogP contribution in [-0.4, -0.2) is 44.5 Å². The molecular formula is C11H14BF4N2-. The van der Waals surface area contributed by atoms with Crippen molar-refractivity contribution < 1.29 is 17.3 Å². The number of nitrogens with zero attached hydrogens (tertiary/aromatic N) is 2. The maximum Gasteiger partial charge on any atom is 0.492 e. The molecule has 1 aromatic carbocycles. The van der Waals surface area contributed by atoms with Crippen molar-refractivity contribution in [2.75, 3.05) is 37.5 Å². The molecular weight excluding hydrogens is 247 g/mol. The molecule has 7 heteroatoms. The van der Waals surface area contributed by atoms with Gasteiger partial charge >= 0.3 is 6.98 Å². The van der Waals surface area contributed by atoms with Gasteiger partial charge < -0.3 is 22.7 Å². The number of piperazine rings is 1. The van der Waals surface area contributed by atoms with Crippen LogP contribution < -0.4 is 4.90 Å². The van der Waals surface area contributed by atoms with Gasteiger partial charge in [0, 0.05) is 31.9 Å². The lowest BCUT2D eigenvalue weighted by Crippen LogP contribution is -2.50. The SMILES string of the molecule is Fc1ccc(N2CCN(C[B-](F)(F)F)CC2)cc1. The molecule has 1 aromatic rings. The highest BCUT2D eigenvalue weighted by Crippen LogP contribution is 2.18. The molecule has 0 atom stereocenters. The quantitative estimate of drug-likeness (QED) is 0.608. The van der Waals surface area contributed by atoms with Gasteiger partial charge in [-0.05, 0) is 30.7 Å². The molecule has 0 N–H and O–H groups in total. The van der Waals surface area contributed by atoms with E-state index in [4.69, 9.17) is 0 Å². The molecule has 0 aliphatic carbocycles. The first-order valence-corrected chi connectivity index (χ1v) is 5.88. The predicted molar refractivity (Wildman–Crippen MR) is 64.1 cm³/mol. The molecule has 0 aromatic heterocycles. The van der Waals surface area contributed by atoms with Crippen molar-refractivity contribution in [3.63, 3.8) is 0 Å². The number of hydrogen-bond acceptors (Lipinski definition) is 2. The van der Waals surface area contributed by atoms with Crippen molar-refractivity contribution in [2.45, 2.75) is 0 Å². The first kappa shape index (κ1) is 13.2. The second kappa shape index (κ2) is 5.18. The molecule has 1 aliphatic heterocycles. The topological polar surface area (TPSA) is 6.48 Å². The van der Waals surface area contributed by atoms with Crippen molar-refractivity contribution in [3.8, 4) is 0 Å². The van der Waals surface area contributed by atoms with Crippen LogP contribution in [0.2, 0.25) is 0 Å². The Morgan fingerprint density at radius 1 is 0.944 bits per heavy atom.